The fraction of sp³-hybridized carbons (Fsp3) is 0.267. The van der Waals surface area contributed by atoms with Gasteiger partial charge in [-0.2, -0.15) is 5.10 Å². The van der Waals surface area contributed by atoms with E-state index in [1.807, 2.05) is 38.3 Å². The summed E-state index contributed by atoms with van der Waals surface area (Å²) in [5.41, 5.74) is 2.29. The van der Waals surface area contributed by atoms with Crippen LogP contribution >= 0.6 is 23.1 Å². The molecule has 0 fully saturated rings. The number of rotatable bonds is 4. The quantitative estimate of drug-likeness (QED) is 0.732. The molecule has 1 aromatic carbocycles. The first kappa shape index (κ1) is 15.1. The molecular formula is C15H16N4OS2. The van der Waals surface area contributed by atoms with Crippen molar-refractivity contribution < 1.29 is 4.79 Å². The van der Waals surface area contributed by atoms with Gasteiger partial charge in [0.2, 0.25) is 0 Å². The Morgan fingerprint density at radius 3 is 2.91 bits per heavy atom. The predicted octanol–water partition coefficient (Wildman–Crippen LogP) is 4.05. The highest BCUT2D eigenvalue weighted by atomic mass is 32.2. The number of thiazole rings is 1. The number of nitrogens with one attached hydrogen (secondary N) is 1. The summed E-state index contributed by atoms with van der Waals surface area (Å²) in [6, 6.07) is 7.64. The maximum Gasteiger partial charge on any atom is 0.273 e. The highest BCUT2D eigenvalue weighted by molar-refractivity contribution is 8.00. The van der Waals surface area contributed by atoms with Crippen molar-refractivity contribution >= 4 is 44.9 Å². The monoisotopic (exact) mass is 332 g/mol. The second kappa shape index (κ2) is 6.10. The van der Waals surface area contributed by atoms with Gasteiger partial charge in [0.1, 0.15) is 5.69 Å². The lowest BCUT2D eigenvalue weighted by molar-refractivity contribution is 0.101. The van der Waals surface area contributed by atoms with Gasteiger partial charge in [0.25, 0.3) is 5.91 Å². The standard InChI is InChI=1S/C15H16N4OS2/c1-9(2)19-12(6-7-16-19)14(20)17-10-4-5-11-13(8-10)22-15(18-11)21-3/h4-9H,1-3H3,(H,17,20). The van der Waals surface area contributed by atoms with Crippen molar-refractivity contribution in [1.82, 2.24) is 14.8 Å². The molecule has 2 aromatic heterocycles. The van der Waals surface area contributed by atoms with Crippen LogP contribution in [0.4, 0.5) is 5.69 Å². The van der Waals surface area contributed by atoms with Crippen molar-refractivity contribution in [2.24, 2.45) is 0 Å². The van der Waals surface area contributed by atoms with Crippen molar-refractivity contribution in [2.75, 3.05) is 11.6 Å². The van der Waals surface area contributed by atoms with Gasteiger partial charge in [-0.05, 0) is 44.4 Å². The fourth-order valence-corrected chi connectivity index (χ4v) is 3.70. The van der Waals surface area contributed by atoms with E-state index >= 15 is 0 Å². The second-order valence-electron chi connectivity index (χ2n) is 5.08. The molecule has 0 radical (unpaired) electrons. The topological polar surface area (TPSA) is 59.8 Å². The van der Waals surface area contributed by atoms with Crippen LogP contribution in [0.3, 0.4) is 0 Å². The molecule has 114 valence electrons. The molecule has 0 unspecified atom stereocenters. The van der Waals surface area contributed by atoms with Crippen LogP contribution in [0, 0.1) is 0 Å². The SMILES string of the molecule is CSc1nc2ccc(NC(=O)c3ccnn3C(C)C)cc2s1. The van der Waals surface area contributed by atoms with Gasteiger partial charge in [0.05, 0.1) is 10.2 Å². The van der Waals surface area contributed by atoms with Gasteiger partial charge in [-0.1, -0.05) is 11.8 Å². The Kier molecular flexibility index (Phi) is 4.17. The third-order valence-corrected chi connectivity index (χ3v) is 5.20. The van der Waals surface area contributed by atoms with Crippen LogP contribution in [0.5, 0.6) is 0 Å². The van der Waals surface area contributed by atoms with Crippen LogP contribution in [0.1, 0.15) is 30.4 Å². The number of hydrogen-bond acceptors (Lipinski definition) is 5. The maximum atomic E-state index is 12.4. The maximum absolute atomic E-state index is 12.4. The molecule has 3 rings (SSSR count). The number of thioether (sulfide) groups is 1. The Labute approximate surface area is 136 Å². The average Bonchev–Trinajstić information content (AvgIpc) is 3.13. The Balaban J connectivity index is 1.85. The van der Waals surface area contributed by atoms with Gasteiger partial charge < -0.3 is 5.32 Å². The molecule has 7 heteroatoms. The Morgan fingerprint density at radius 2 is 2.18 bits per heavy atom. The number of carbonyl (C=O) groups is 1. The lowest BCUT2D eigenvalue weighted by Gasteiger charge is -2.11. The lowest BCUT2D eigenvalue weighted by Crippen LogP contribution is -2.18. The van der Waals surface area contributed by atoms with Crippen molar-refractivity contribution in [3.8, 4) is 0 Å². The van der Waals surface area contributed by atoms with Crippen LogP contribution in [0.25, 0.3) is 10.2 Å². The number of benzene rings is 1. The number of fused-ring (bicyclic) bond motifs is 1. The minimum Gasteiger partial charge on any atom is -0.321 e. The minimum absolute atomic E-state index is 0.142. The van der Waals surface area contributed by atoms with Crippen molar-refractivity contribution in [3.63, 3.8) is 0 Å². The summed E-state index contributed by atoms with van der Waals surface area (Å²) in [6.45, 7) is 3.99. The molecule has 0 atom stereocenters. The molecule has 22 heavy (non-hydrogen) atoms. The summed E-state index contributed by atoms with van der Waals surface area (Å²) < 4.78 is 3.81. The Hall–Kier alpha value is -1.86. The van der Waals surface area contributed by atoms with Crippen molar-refractivity contribution in [2.45, 2.75) is 24.2 Å². The first-order chi connectivity index (χ1) is 10.6. The summed E-state index contributed by atoms with van der Waals surface area (Å²) in [5, 5.41) is 7.12. The van der Waals surface area contributed by atoms with Crippen LogP contribution in [-0.2, 0) is 0 Å². The molecule has 5 nitrogen and oxygen atoms in total. The summed E-state index contributed by atoms with van der Waals surface area (Å²) in [4.78, 5) is 16.9. The van der Waals surface area contributed by atoms with Gasteiger partial charge >= 0.3 is 0 Å². The van der Waals surface area contributed by atoms with E-state index in [0.717, 1.165) is 20.2 Å². The highest BCUT2D eigenvalue weighted by Crippen LogP contribution is 2.30. The molecule has 0 saturated heterocycles. The summed E-state index contributed by atoms with van der Waals surface area (Å²) in [5.74, 6) is -0.153. The van der Waals surface area contributed by atoms with Crippen LogP contribution in [0.2, 0.25) is 0 Å². The van der Waals surface area contributed by atoms with Crippen LogP contribution in [-0.4, -0.2) is 26.9 Å². The molecule has 0 aliphatic carbocycles. The predicted molar refractivity (Wildman–Crippen MR) is 92.0 cm³/mol. The highest BCUT2D eigenvalue weighted by Gasteiger charge is 2.14. The van der Waals surface area contributed by atoms with Crippen molar-refractivity contribution in [3.05, 3.63) is 36.2 Å². The van der Waals surface area contributed by atoms with E-state index in [1.54, 1.807) is 40.0 Å². The van der Waals surface area contributed by atoms with E-state index in [0.29, 0.717) is 5.69 Å². The smallest absolute Gasteiger partial charge is 0.273 e. The molecule has 2 heterocycles. The largest absolute Gasteiger partial charge is 0.321 e. The van der Waals surface area contributed by atoms with E-state index in [-0.39, 0.29) is 11.9 Å². The first-order valence-electron chi connectivity index (χ1n) is 6.88. The van der Waals surface area contributed by atoms with E-state index in [1.165, 1.54) is 0 Å². The molecule has 0 aliphatic rings. The van der Waals surface area contributed by atoms with Gasteiger partial charge in [0, 0.05) is 17.9 Å². The summed E-state index contributed by atoms with van der Waals surface area (Å²) in [6.07, 6.45) is 3.65. The second-order valence-corrected chi connectivity index (χ2v) is 7.16. The van der Waals surface area contributed by atoms with E-state index in [9.17, 15) is 4.79 Å². The fourth-order valence-electron chi connectivity index (χ4n) is 2.17. The van der Waals surface area contributed by atoms with E-state index in [4.69, 9.17) is 0 Å². The number of hydrogen-bond donors (Lipinski definition) is 1. The Bertz CT molecular complexity index is 822. The zero-order chi connectivity index (χ0) is 15.7. The molecule has 3 aromatic rings. The molecular weight excluding hydrogens is 316 g/mol. The van der Waals surface area contributed by atoms with Crippen LogP contribution in [0.15, 0.2) is 34.8 Å². The zero-order valence-corrected chi connectivity index (χ0v) is 14.2. The molecule has 0 spiro atoms. The Morgan fingerprint density at radius 1 is 1.36 bits per heavy atom. The molecule has 0 saturated carbocycles. The van der Waals surface area contributed by atoms with Crippen molar-refractivity contribution in [1.29, 1.82) is 0 Å². The minimum atomic E-state index is -0.153. The average molecular weight is 332 g/mol. The normalized spacial score (nSPS) is 11.3. The number of anilines is 1. The molecule has 1 N–H and O–H groups in total. The van der Waals surface area contributed by atoms with Gasteiger partial charge in [-0.25, -0.2) is 4.98 Å². The van der Waals surface area contributed by atoms with Gasteiger partial charge in [-0.3, -0.25) is 9.48 Å². The number of aromatic nitrogens is 3. The third kappa shape index (κ3) is 2.86. The van der Waals surface area contributed by atoms with Gasteiger partial charge in [0.15, 0.2) is 4.34 Å². The van der Waals surface area contributed by atoms with E-state index < -0.39 is 0 Å². The zero-order valence-electron chi connectivity index (χ0n) is 12.5. The summed E-state index contributed by atoms with van der Waals surface area (Å²) >= 11 is 3.25. The van der Waals surface area contributed by atoms with Gasteiger partial charge in [-0.15, -0.1) is 11.3 Å². The molecule has 0 bridgehead atoms. The number of carbonyl (C=O) groups excluding carboxylic acids is 1. The lowest BCUT2D eigenvalue weighted by atomic mass is 10.3. The first-order valence-corrected chi connectivity index (χ1v) is 8.92. The molecule has 0 aliphatic heterocycles. The van der Waals surface area contributed by atoms with Crippen LogP contribution < -0.4 is 5.32 Å². The number of amides is 1. The number of nitrogens with zero attached hydrogens (tertiary/aromatic N) is 3. The summed E-state index contributed by atoms with van der Waals surface area (Å²) in [7, 11) is 0. The van der Waals surface area contributed by atoms with E-state index in [2.05, 4.69) is 15.4 Å². The molecule has 1 amide bonds. The third-order valence-electron chi connectivity index (χ3n) is 3.19.